The van der Waals surface area contributed by atoms with E-state index in [1.165, 1.54) is 61.5 Å². The summed E-state index contributed by atoms with van der Waals surface area (Å²) in [6, 6.07) is 12.9. The van der Waals surface area contributed by atoms with E-state index in [1.807, 2.05) is 0 Å². The van der Waals surface area contributed by atoms with Gasteiger partial charge in [-0.2, -0.15) is 0 Å². The van der Waals surface area contributed by atoms with Gasteiger partial charge in [-0.05, 0) is 54.4 Å². The molecule has 20 heavy (non-hydrogen) atoms. The number of benzene rings is 2. The smallest absolute Gasteiger partial charge is 0.0366 e. The van der Waals surface area contributed by atoms with E-state index in [-0.39, 0.29) is 0 Å². The van der Waals surface area contributed by atoms with Gasteiger partial charge in [0.25, 0.3) is 0 Å². The van der Waals surface area contributed by atoms with Crippen LogP contribution in [0, 0.1) is 0 Å². The fourth-order valence-electron chi connectivity index (χ4n) is 3.15. The van der Waals surface area contributed by atoms with E-state index in [0.717, 1.165) is 12.2 Å². The van der Waals surface area contributed by atoms with Gasteiger partial charge in [0.15, 0.2) is 0 Å². The second-order valence-electron chi connectivity index (χ2n) is 5.94. The van der Waals surface area contributed by atoms with Crippen molar-refractivity contribution in [3.05, 3.63) is 42.0 Å². The van der Waals surface area contributed by atoms with Gasteiger partial charge in [-0.1, -0.05) is 43.5 Å². The Morgan fingerprint density at radius 1 is 0.850 bits per heavy atom. The van der Waals surface area contributed by atoms with Crippen molar-refractivity contribution in [2.45, 2.75) is 38.6 Å². The van der Waals surface area contributed by atoms with Gasteiger partial charge in [0, 0.05) is 12.2 Å². The molecule has 0 aromatic heterocycles. The van der Waals surface area contributed by atoms with Gasteiger partial charge in [0.1, 0.15) is 0 Å². The van der Waals surface area contributed by atoms with Gasteiger partial charge >= 0.3 is 0 Å². The summed E-state index contributed by atoms with van der Waals surface area (Å²) in [5.41, 5.74) is 8.46. The molecule has 1 saturated heterocycles. The second-order valence-corrected chi connectivity index (χ2v) is 5.94. The van der Waals surface area contributed by atoms with Gasteiger partial charge in [0.05, 0.1) is 0 Å². The van der Waals surface area contributed by atoms with E-state index in [4.69, 9.17) is 5.73 Å². The number of anilines is 1. The molecular weight excluding hydrogens is 244 g/mol. The maximum atomic E-state index is 6.25. The third-order valence-electron chi connectivity index (χ3n) is 4.35. The first-order valence-corrected chi connectivity index (χ1v) is 7.82. The van der Waals surface area contributed by atoms with Gasteiger partial charge in [-0.15, -0.1) is 0 Å². The van der Waals surface area contributed by atoms with Gasteiger partial charge in [-0.3, -0.25) is 4.90 Å². The van der Waals surface area contributed by atoms with Crippen molar-refractivity contribution in [2.75, 3.05) is 18.8 Å². The minimum atomic E-state index is 0.936. The number of nitrogen functional groups attached to an aromatic ring is 1. The molecule has 3 rings (SSSR count). The summed E-state index contributed by atoms with van der Waals surface area (Å²) >= 11 is 0. The molecule has 0 atom stereocenters. The SMILES string of the molecule is Nc1cc2ccccc2cc1CN1CCCCCCC1. The number of rotatable bonds is 2. The predicted molar refractivity (Wildman–Crippen MR) is 86.7 cm³/mol. The van der Waals surface area contributed by atoms with E-state index in [1.54, 1.807) is 0 Å². The van der Waals surface area contributed by atoms with Crippen molar-refractivity contribution in [3.8, 4) is 0 Å². The van der Waals surface area contributed by atoms with Crippen molar-refractivity contribution in [3.63, 3.8) is 0 Å². The van der Waals surface area contributed by atoms with E-state index in [2.05, 4.69) is 41.3 Å². The summed E-state index contributed by atoms with van der Waals surface area (Å²) < 4.78 is 0. The molecule has 1 fully saturated rings. The van der Waals surface area contributed by atoms with Crippen molar-refractivity contribution in [2.24, 2.45) is 0 Å². The Hall–Kier alpha value is -1.54. The van der Waals surface area contributed by atoms with Crippen LogP contribution in [-0.4, -0.2) is 18.0 Å². The summed E-state index contributed by atoms with van der Waals surface area (Å²) in [5, 5.41) is 2.53. The summed E-state index contributed by atoms with van der Waals surface area (Å²) in [6.07, 6.45) is 6.82. The Balaban J connectivity index is 1.80. The molecule has 1 aliphatic heterocycles. The van der Waals surface area contributed by atoms with Crippen LogP contribution >= 0.6 is 0 Å². The Morgan fingerprint density at radius 3 is 2.15 bits per heavy atom. The summed E-state index contributed by atoms with van der Waals surface area (Å²) in [5.74, 6) is 0. The fourth-order valence-corrected chi connectivity index (χ4v) is 3.15. The molecule has 0 spiro atoms. The van der Waals surface area contributed by atoms with Crippen LogP contribution in [0.5, 0.6) is 0 Å². The molecule has 0 saturated carbocycles. The Labute approximate surface area is 121 Å². The lowest BCUT2D eigenvalue weighted by Gasteiger charge is -2.25. The first-order valence-electron chi connectivity index (χ1n) is 7.82. The van der Waals surface area contributed by atoms with Crippen LogP contribution in [0.4, 0.5) is 5.69 Å². The highest BCUT2D eigenvalue weighted by molar-refractivity contribution is 5.86. The molecule has 0 aliphatic carbocycles. The second kappa shape index (κ2) is 6.27. The maximum absolute atomic E-state index is 6.25. The molecule has 1 aliphatic rings. The quantitative estimate of drug-likeness (QED) is 0.828. The lowest BCUT2D eigenvalue weighted by Crippen LogP contribution is -2.27. The van der Waals surface area contributed by atoms with Crippen molar-refractivity contribution < 1.29 is 0 Å². The van der Waals surface area contributed by atoms with Crippen molar-refractivity contribution >= 4 is 16.5 Å². The van der Waals surface area contributed by atoms with E-state index in [9.17, 15) is 0 Å². The first-order chi connectivity index (χ1) is 9.83. The minimum absolute atomic E-state index is 0.936. The Morgan fingerprint density at radius 2 is 1.45 bits per heavy atom. The van der Waals surface area contributed by atoms with Crippen LogP contribution in [0.25, 0.3) is 10.8 Å². The average molecular weight is 268 g/mol. The molecule has 0 bridgehead atoms. The molecule has 2 nitrogen and oxygen atoms in total. The van der Waals surface area contributed by atoms with Crippen LogP contribution in [0.3, 0.4) is 0 Å². The third kappa shape index (κ3) is 3.13. The van der Waals surface area contributed by atoms with Crippen molar-refractivity contribution in [1.29, 1.82) is 0 Å². The number of hydrogen-bond acceptors (Lipinski definition) is 2. The lowest BCUT2D eigenvalue weighted by atomic mass is 10.0. The van der Waals surface area contributed by atoms with Crippen LogP contribution in [0.1, 0.15) is 37.7 Å². The van der Waals surface area contributed by atoms with E-state index >= 15 is 0 Å². The largest absolute Gasteiger partial charge is 0.398 e. The highest BCUT2D eigenvalue weighted by Gasteiger charge is 2.11. The molecular formula is C18H24N2. The first kappa shape index (κ1) is 13.4. The maximum Gasteiger partial charge on any atom is 0.0366 e. The molecule has 0 unspecified atom stereocenters. The zero-order valence-electron chi connectivity index (χ0n) is 12.1. The van der Waals surface area contributed by atoms with Crippen LogP contribution in [0.2, 0.25) is 0 Å². The van der Waals surface area contributed by atoms with Gasteiger partial charge < -0.3 is 5.73 Å². The van der Waals surface area contributed by atoms with Crippen LogP contribution < -0.4 is 5.73 Å². The fraction of sp³-hybridized carbons (Fsp3) is 0.444. The third-order valence-corrected chi connectivity index (χ3v) is 4.35. The number of nitrogens with zero attached hydrogens (tertiary/aromatic N) is 1. The molecule has 2 aromatic carbocycles. The van der Waals surface area contributed by atoms with E-state index in [0.29, 0.717) is 0 Å². The topological polar surface area (TPSA) is 29.3 Å². The zero-order chi connectivity index (χ0) is 13.8. The van der Waals surface area contributed by atoms with Gasteiger partial charge in [0.2, 0.25) is 0 Å². The molecule has 0 radical (unpaired) electrons. The predicted octanol–water partition coefficient (Wildman–Crippen LogP) is 4.19. The van der Waals surface area contributed by atoms with Crippen LogP contribution in [-0.2, 0) is 6.54 Å². The molecule has 1 heterocycles. The van der Waals surface area contributed by atoms with E-state index < -0.39 is 0 Å². The number of nitrogens with two attached hydrogens (primary N) is 1. The molecule has 2 heteroatoms. The highest BCUT2D eigenvalue weighted by atomic mass is 15.1. The Bertz CT molecular complexity index is 569. The molecule has 106 valence electrons. The highest BCUT2D eigenvalue weighted by Crippen LogP contribution is 2.24. The number of fused-ring (bicyclic) bond motifs is 1. The van der Waals surface area contributed by atoms with Crippen molar-refractivity contribution in [1.82, 2.24) is 4.90 Å². The lowest BCUT2D eigenvalue weighted by molar-refractivity contribution is 0.240. The molecule has 2 aromatic rings. The van der Waals surface area contributed by atoms with Crippen LogP contribution in [0.15, 0.2) is 36.4 Å². The van der Waals surface area contributed by atoms with Gasteiger partial charge in [-0.25, -0.2) is 0 Å². The normalized spacial score (nSPS) is 17.8. The zero-order valence-corrected chi connectivity index (χ0v) is 12.1. The Kier molecular flexibility index (Phi) is 4.22. The number of hydrogen-bond donors (Lipinski definition) is 1. The molecule has 0 amide bonds. The standard InChI is InChI=1S/C18H24N2/c19-18-13-16-9-5-4-8-15(16)12-17(18)14-20-10-6-2-1-3-7-11-20/h4-5,8-9,12-13H,1-3,6-7,10-11,14,19H2. The summed E-state index contributed by atoms with van der Waals surface area (Å²) in [4.78, 5) is 2.57. The summed E-state index contributed by atoms with van der Waals surface area (Å²) in [6.45, 7) is 3.43. The average Bonchev–Trinajstić information content (AvgIpc) is 2.42. The minimum Gasteiger partial charge on any atom is -0.398 e. The molecule has 2 N–H and O–H groups in total. The summed E-state index contributed by atoms with van der Waals surface area (Å²) in [7, 11) is 0. The number of likely N-dealkylation sites (tertiary alicyclic amines) is 1. The monoisotopic (exact) mass is 268 g/mol.